The van der Waals surface area contributed by atoms with Crippen molar-refractivity contribution in [3.63, 3.8) is 0 Å². The molecule has 0 amide bonds. The first-order valence-corrected chi connectivity index (χ1v) is 7.82. The number of hydrogen-bond acceptors (Lipinski definition) is 4. The lowest BCUT2D eigenvalue weighted by atomic mass is 10.0. The summed E-state index contributed by atoms with van der Waals surface area (Å²) in [6.07, 6.45) is -0.0650. The number of rotatable bonds is 2. The molecular weight excluding hydrogens is 276 g/mol. The van der Waals surface area contributed by atoms with Gasteiger partial charge in [0.05, 0.1) is 22.5 Å². The third-order valence-electron chi connectivity index (χ3n) is 3.36. The van der Waals surface area contributed by atoms with E-state index < -0.39 is 15.9 Å². The van der Waals surface area contributed by atoms with E-state index in [0.29, 0.717) is 24.3 Å². The van der Waals surface area contributed by atoms with Crippen molar-refractivity contribution in [2.45, 2.75) is 22.3 Å². The largest absolute Gasteiger partial charge is 0.493 e. The maximum absolute atomic E-state index is 12.5. The highest BCUT2D eigenvalue weighted by Crippen LogP contribution is 2.34. The molecule has 0 spiro atoms. The third kappa shape index (κ3) is 2.19. The first kappa shape index (κ1) is 13.1. The minimum atomic E-state index is -3.55. The van der Waals surface area contributed by atoms with Crippen LogP contribution < -0.4 is 4.74 Å². The van der Waals surface area contributed by atoms with Gasteiger partial charge in [0.15, 0.2) is 0 Å². The minimum Gasteiger partial charge on any atom is -0.493 e. The van der Waals surface area contributed by atoms with Crippen LogP contribution in [0, 0.1) is 0 Å². The molecule has 1 aliphatic rings. The number of ether oxygens (including phenoxy) is 1. The van der Waals surface area contributed by atoms with Crippen molar-refractivity contribution in [3.8, 4) is 5.75 Å². The van der Waals surface area contributed by atoms with Gasteiger partial charge >= 0.3 is 0 Å². The molecule has 1 aliphatic heterocycles. The van der Waals surface area contributed by atoms with Crippen LogP contribution in [0.3, 0.4) is 0 Å². The summed E-state index contributed by atoms with van der Waals surface area (Å²) in [6.45, 7) is 0.392. The summed E-state index contributed by atoms with van der Waals surface area (Å²) in [5.41, 5.74) is 0.642. The highest BCUT2D eigenvalue weighted by Gasteiger charge is 2.23. The van der Waals surface area contributed by atoms with Gasteiger partial charge in [0.25, 0.3) is 0 Å². The lowest BCUT2D eigenvalue weighted by molar-refractivity contribution is 0.115. The monoisotopic (exact) mass is 290 g/mol. The van der Waals surface area contributed by atoms with E-state index in [0.717, 1.165) is 0 Å². The van der Waals surface area contributed by atoms with Gasteiger partial charge in [0.1, 0.15) is 5.75 Å². The standard InChI is InChI=1S/C15H14O4S/c16-14-8-9-19-15-10-12(6-7-13(14)15)20(17,18)11-4-2-1-3-5-11/h1-7,10,14,16H,8-9H2/t14-/m0/s1. The van der Waals surface area contributed by atoms with E-state index >= 15 is 0 Å². The van der Waals surface area contributed by atoms with Crippen LogP contribution >= 0.6 is 0 Å². The molecule has 1 atom stereocenters. The van der Waals surface area contributed by atoms with Crippen LogP contribution in [0.4, 0.5) is 0 Å². The van der Waals surface area contributed by atoms with Crippen molar-refractivity contribution in [1.82, 2.24) is 0 Å². The zero-order valence-corrected chi connectivity index (χ0v) is 11.5. The van der Waals surface area contributed by atoms with Crippen LogP contribution in [0.15, 0.2) is 58.3 Å². The van der Waals surface area contributed by atoms with Crippen LogP contribution in [-0.2, 0) is 9.84 Å². The number of sulfone groups is 1. The number of hydrogen-bond donors (Lipinski definition) is 1. The Kier molecular flexibility index (Phi) is 3.23. The second kappa shape index (κ2) is 4.92. The Labute approximate surface area is 117 Å². The molecular formula is C15H14O4S. The molecule has 2 aromatic carbocycles. The predicted octanol–water partition coefficient (Wildman–Crippen LogP) is 2.34. The highest BCUT2D eigenvalue weighted by atomic mass is 32.2. The molecule has 0 fully saturated rings. The van der Waals surface area contributed by atoms with Crippen LogP contribution in [0.2, 0.25) is 0 Å². The molecule has 20 heavy (non-hydrogen) atoms. The molecule has 0 saturated heterocycles. The molecule has 4 nitrogen and oxygen atoms in total. The Hall–Kier alpha value is -1.85. The van der Waals surface area contributed by atoms with Crippen LogP contribution in [-0.4, -0.2) is 20.1 Å². The highest BCUT2D eigenvalue weighted by molar-refractivity contribution is 7.91. The Morgan fingerprint density at radius 2 is 1.80 bits per heavy atom. The topological polar surface area (TPSA) is 63.6 Å². The van der Waals surface area contributed by atoms with Gasteiger partial charge in [-0.15, -0.1) is 0 Å². The lowest BCUT2D eigenvalue weighted by Gasteiger charge is -2.22. The smallest absolute Gasteiger partial charge is 0.206 e. The van der Waals surface area contributed by atoms with E-state index in [-0.39, 0.29) is 9.79 Å². The van der Waals surface area contributed by atoms with E-state index in [4.69, 9.17) is 4.74 Å². The first-order chi connectivity index (χ1) is 9.59. The normalized spacial score (nSPS) is 18.1. The molecule has 0 radical (unpaired) electrons. The molecule has 0 saturated carbocycles. The average Bonchev–Trinajstić information content (AvgIpc) is 2.48. The molecule has 1 heterocycles. The second-order valence-corrected chi connectivity index (χ2v) is 6.62. The van der Waals surface area contributed by atoms with Crippen LogP contribution in [0.1, 0.15) is 18.1 Å². The molecule has 1 N–H and O–H groups in total. The summed E-state index contributed by atoms with van der Waals surface area (Å²) >= 11 is 0. The lowest BCUT2D eigenvalue weighted by Crippen LogP contribution is -2.14. The van der Waals surface area contributed by atoms with Gasteiger partial charge in [0, 0.05) is 12.0 Å². The molecule has 0 aliphatic carbocycles. The molecule has 2 aromatic rings. The van der Waals surface area contributed by atoms with Crippen molar-refractivity contribution in [2.75, 3.05) is 6.61 Å². The molecule has 104 valence electrons. The van der Waals surface area contributed by atoms with E-state index in [1.165, 1.54) is 12.1 Å². The Balaban J connectivity index is 2.08. The molecule has 3 rings (SSSR count). The second-order valence-electron chi connectivity index (χ2n) is 4.67. The Morgan fingerprint density at radius 3 is 2.55 bits per heavy atom. The molecule has 0 aromatic heterocycles. The van der Waals surface area contributed by atoms with Gasteiger partial charge in [-0.05, 0) is 24.3 Å². The minimum absolute atomic E-state index is 0.177. The van der Waals surface area contributed by atoms with Gasteiger partial charge in [-0.3, -0.25) is 0 Å². The molecule has 0 unspecified atom stereocenters. The fourth-order valence-electron chi connectivity index (χ4n) is 2.25. The summed E-state index contributed by atoms with van der Waals surface area (Å²) in [5, 5.41) is 9.84. The van der Waals surface area contributed by atoms with E-state index in [9.17, 15) is 13.5 Å². The van der Waals surface area contributed by atoms with Gasteiger partial charge < -0.3 is 9.84 Å². The SMILES string of the molecule is O=S(=O)(c1ccccc1)c1ccc2c(c1)OCC[C@@H]2O. The summed E-state index contributed by atoms with van der Waals surface area (Å²) in [4.78, 5) is 0.424. The third-order valence-corrected chi connectivity index (χ3v) is 5.12. The summed E-state index contributed by atoms with van der Waals surface area (Å²) < 4.78 is 30.4. The van der Waals surface area contributed by atoms with Crippen molar-refractivity contribution in [2.24, 2.45) is 0 Å². The summed E-state index contributed by atoms with van der Waals surface area (Å²) in [7, 11) is -3.55. The van der Waals surface area contributed by atoms with Crippen molar-refractivity contribution >= 4 is 9.84 Å². The number of benzene rings is 2. The van der Waals surface area contributed by atoms with Gasteiger partial charge in [0.2, 0.25) is 9.84 Å². The van der Waals surface area contributed by atoms with Gasteiger partial charge in [-0.25, -0.2) is 8.42 Å². The van der Waals surface area contributed by atoms with E-state index in [1.807, 2.05) is 0 Å². The zero-order valence-electron chi connectivity index (χ0n) is 10.7. The number of aliphatic hydroxyl groups excluding tert-OH is 1. The predicted molar refractivity (Wildman–Crippen MR) is 73.4 cm³/mol. The zero-order chi connectivity index (χ0) is 14.2. The van der Waals surface area contributed by atoms with Crippen molar-refractivity contribution in [3.05, 3.63) is 54.1 Å². The quantitative estimate of drug-likeness (QED) is 0.922. The Bertz CT molecular complexity index is 723. The summed E-state index contributed by atoms with van der Waals surface area (Å²) in [6, 6.07) is 12.9. The van der Waals surface area contributed by atoms with Crippen LogP contribution in [0.25, 0.3) is 0 Å². The van der Waals surface area contributed by atoms with Gasteiger partial charge in [-0.2, -0.15) is 0 Å². The first-order valence-electron chi connectivity index (χ1n) is 6.34. The number of aliphatic hydroxyl groups is 1. The number of fused-ring (bicyclic) bond motifs is 1. The van der Waals surface area contributed by atoms with E-state index in [1.54, 1.807) is 36.4 Å². The fourth-order valence-corrected chi connectivity index (χ4v) is 3.55. The molecule has 0 bridgehead atoms. The average molecular weight is 290 g/mol. The molecule has 5 heteroatoms. The van der Waals surface area contributed by atoms with Crippen molar-refractivity contribution < 1.29 is 18.3 Å². The summed E-state index contributed by atoms with van der Waals surface area (Å²) in [5.74, 6) is 0.445. The maximum Gasteiger partial charge on any atom is 0.206 e. The Morgan fingerprint density at radius 1 is 1.05 bits per heavy atom. The van der Waals surface area contributed by atoms with Crippen molar-refractivity contribution in [1.29, 1.82) is 0 Å². The maximum atomic E-state index is 12.5. The van der Waals surface area contributed by atoms with Crippen LogP contribution in [0.5, 0.6) is 5.75 Å². The van der Waals surface area contributed by atoms with Gasteiger partial charge in [-0.1, -0.05) is 24.3 Å². The fraction of sp³-hybridized carbons (Fsp3) is 0.200. The van der Waals surface area contributed by atoms with E-state index in [2.05, 4.69) is 0 Å².